The summed E-state index contributed by atoms with van der Waals surface area (Å²) in [5, 5.41) is 7.11. The SMILES string of the molecule is CCOc1ccc(NC(=O)c2nn3cccnc3c2Cl)cc1. The summed E-state index contributed by atoms with van der Waals surface area (Å²) in [4.78, 5) is 16.4. The first-order valence-corrected chi connectivity index (χ1v) is 7.10. The van der Waals surface area contributed by atoms with Crippen molar-refractivity contribution >= 4 is 28.8 Å². The largest absolute Gasteiger partial charge is 0.494 e. The Morgan fingerprint density at radius 3 is 2.82 bits per heavy atom. The van der Waals surface area contributed by atoms with Gasteiger partial charge in [-0.1, -0.05) is 11.6 Å². The molecule has 0 saturated heterocycles. The minimum atomic E-state index is -0.389. The number of nitrogens with zero attached hydrogens (tertiary/aromatic N) is 3. The molecule has 0 aliphatic carbocycles. The van der Waals surface area contributed by atoms with Crippen molar-refractivity contribution in [2.45, 2.75) is 6.92 Å². The number of ether oxygens (including phenoxy) is 1. The van der Waals surface area contributed by atoms with Crippen LogP contribution in [0.4, 0.5) is 5.69 Å². The van der Waals surface area contributed by atoms with E-state index in [0.717, 1.165) is 5.75 Å². The van der Waals surface area contributed by atoms with E-state index in [9.17, 15) is 4.79 Å². The van der Waals surface area contributed by atoms with Crippen LogP contribution < -0.4 is 10.1 Å². The van der Waals surface area contributed by atoms with E-state index in [2.05, 4.69) is 15.4 Å². The second kappa shape index (κ2) is 6.03. The fourth-order valence-corrected chi connectivity index (χ4v) is 2.25. The number of hydrogen-bond acceptors (Lipinski definition) is 4. The summed E-state index contributed by atoms with van der Waals surface area (Å²) < 4.78 is 6.82. The molecule has 0 aliphatic heterocycles. The van der Waals surface area contributed by atoms with Crippen molar-refractivity contribution in [1.29, 1.82) is 0 Å². The molecule has 1 N–H and O–H groups in total. The predicted octanol–water partition coefficient (Wildman–Crippen LogP) is 3.03. The third-order valence-corrected chi connectivity index (χ3v) is 3.33. The summed E-state index contributed by atoms with van der Waals surface area (Å²) >= 11 is 6.16. The van der Waals surface area contributed by atoms with E-state index < -0.39 is 0 Å². The molecular weight excluding hydrogens is 304 g/mol. The molecule has 3 aromatic rings. The zero-order chi connectivity index (χ0) is 15.5. The van der Waals surface area contributed by atoms with Gasteiger partial charge in [-0.15, -0.1) is 0 Å². The lowest BCUT2D eigenvalue weighted by Crippen LogP contribution is -2.13. The second-order valence-corrected chi connectivity index (χ2v) is 4.84. The number of halogens is 1. The maximum absolute atomic E-state index is 12.3. The van der Waals surface area contributed by atoms with Gasteiger partial charge < -0.3 is 10.1 Å². The molecule has 1 aromatic carbocycles. The highest BCUT2D eigenvalue weighted by Crippen LogP contribution is 2.22. The van der Waals surface area contributed by atoms with Crippen LogP contribution >= 0.6 is 11.6 Å². The molecule has 0 atom stereocenters. The molecule has 0 bridgehead atoms. The first-order valence-electron chi connectivity index (χ1n) is 6.72. The first-order chi connectivity index (χ1) is 10.7. The van der Waals surface area contributed by atoms with E-state index in [1.54, 1.807) is 42.7 Å². The first kappa shape index (κ1) is 14.3. The highest BCUT2D eigenvalue weighted by atomic mass is 35.5. The number of benzene rings is 1. The number of carbonyl (C=O) groups is 1. The number of aromatic nitrogens is 3. The summed E-state index contributed by atoms with van der Waals surface area (Å²) in [6.45, 7) is 2.50. The van der Waals surface area contributed by atoms with Crippen molar-refractivity contribution in [2.24, 2.45) is 0 Å². The topological polar surface area (TPSA) is 68.5 Å². The van der Waals surface area contributed by atoms with E-state index in [1.807, 2.05) is 6.92 Å². The van der Waals surface area contributed by atoms with Crippen molar-refractivity contribution < 1.29 is 9.53 Å². The van der Waals surface area contributed by atoms with Gasteiger partial charge in [0.15, 0.2) is 11.3 Å². The van der Waals surface area contributed by atoms with Crippen LogP contribution in [0.2, 0.25) is 5.02 Å². The van der Waals surface area contributed by atoms with Gasteiger partial charge in [-0.3, -0.25) is 4.79 Å². The fraction of sp³-hybridized carbons (Fsp3) is 0.133. The van der Waals surface area contributed by atoms with Gasteiger partial charge in [-0.2, -0.15) is 5.10 Å². The maximum atomic E-state index is 12.3. The van der Waals surface area contributed by atoms with E-state index >= 15 is 0 Å². The van der Waals surface area contributed by atoms with Crippen LogP contribution in [-0.2, 0) is 0 Å². The number of fused-ring (bicyclic) bond motifs is 1. The maximum Gasteiger partial charge on any atom is 0.277 e. The number of amides is 1. The molecule has 3 rings (SSSR count). The summed E-state index contributed by atoms with van der Waals surface area (Å²) in [7, 11) is 0. The molecule has 0 aliphatic rings. The Hall–Kier alpha value is -2.60. The Labute approximate surface area is 131 Å². The smallest absolute Gasteiger partial charge is 0.277 e. The minimum Gasteiger partial charge on any atom is -0.494 e. The van der Waals surface area contributed by atoms with E-state index in [4.69, 9.17) is 16.3 Å². The number of hydrogen-bond donors (Lipinski definition) is 1. The third kappa shape index (κ3) is 2.73. The van der Waals surface area contributed by atoms with Crippen LogP contribution in [0.25, 0.3) is 5.65 Å². The molecule has 2 aromatic heterocycles. The van der Waals surface area contributed by atoms with Gasteiger partial charge in [0.1, 0.15) is 10.8 Å². The van der Waals surface area contributed by atoms with Gasteiger partial charge in [0.25, 0.3) is 5.91 Å². The van der Waals surface area contributed by atoms with Gasteiger partial charge in [-0.05, 0) is 37.3 Å². The Bertz CT molecular complexity index is 814. The zero-order valence-corrected chi connectivity index (χ0v) is 12.5. The van der Waals surface area contributed by atoms with E-state index in [0.29, 0.717) is 17.9 Å². The monoisotopic (exact) mass is 316 g/mol. The second-order valence-electron chi connectivity index (χ2n) is 4.46. The number of anilines is 1. The number of nitrogens with one attached hydrogen (secondary N) is 1. The Morgan fingerprint density at radius 2 is 2.14 bits per heavy atom. The Kier molecular flexibility index (Phi) is 3.93. The van der Waals surface area contributed by atoms with Crippen LogP contribution in [0.15, 0.2) is 42.7 Å². The van der Waals surface area contributed by atoms with Crippen LogP contribution in [0.5, 0.6) is 5.75 Å². The average Bonchev–Trinajstić information content (AvgIpc) is 2.87. The van der Waals surface area contributed by atoms with Crippen LogP contribution in [-0.4, -0.2) is 27.1 Å². The molecule has 2 heterocycles. The van der Waals surface area contributed by atoms with Crippen molar-refractivity contribution in [1.82, 2.24) is 14.6 Å². The molecule has 0 spiro atoms. The van der Waals surface area contributed by atoms with Crippen molar-refractivity contribution in [3.05, 3.63) is 53.4 Å². The molecule has 0 saturated carbocycles. The summed E-state index contributed by atoms with van der Waals surface area (Å²) in [6, 6.07) is 8.79. The minimum absolute atomic E-state index is 0.134. The Balaban J connectivity index is 1.82. The molecule has 6 nitrogen and oxygen atoms in total. The average molecular weight is 317 g/mol. The molecule has 0 unspecified atom stereocenters. The van der Waals surface area contributed by atoms with Gasteiger partial charge in [0.2, 0.25) is 0 Å². The van der Waals surface area contributed by atoms with Crippen molar-refractivity contribution in [3.8, 4) is 5.75 Å². The van der Waals surface area contributed by atoms with E-state index in [1.165, 1.54) is 4.52 Å². The Morgan fingerprint density at radius 1 is 1.36 bits per heavy atom. The highest BCUT2D eigenvalue weighted by molar-refractivity contribution is 6.37. The van der Waals surface area contributed by atoms with Crippen molar-refractivity contribution in [2.75, 3.05) is 11.9 Å². The van der Waals surface area contributed by atoms with Gasteiger partial charge in [0, 0.05) is 18.1 Å². The lowest BCUT2D eigenvalue weighted by Gasteiger charge is -2.06. The van der Waals surface area contributed by atoms with Crippen LogP contribution in [0.3, 0.4) is 0 Å². The number of rotatable bonds is 4. The summed E-state index contributed by atoms with van der Waals surface area (Å²) in [5.74, 6) is 0.357. The molecule has 112 valence electrons. The third-order valence-electron chi connectivity index (χ3n) is 2.98. The van der Waals surface area contributed by atoms with Gasteiger partial charge >= 0.3 is 0 Å². The quantitative estimate of drug-likeness (QED) is 0.803. The van der Waals surface area contributed by atoms with Crippen molar-refractivity contribution in [3.63, 3.8) is 0 Å². The van der Waals surface area contributed by atoms with Crippen LogP contribution in [0, 0.1) is 0 Å². The normalized spacial score (nSPS) is 10.6. The van der Waals surface area contributed by atoms with Gasteiger partial charge in [0.05, 0.1) is 6.61 Å². The standard InChI is InChI=1S/C15H13ClN4O2/c1-2-22-11-6-4-10(5-7-11)18-15(21)13-12(16)14-17-8-3-9-20(14)19-13/h3-9H,2H2,1H3,(H,18,21). The number of carbonyl (C=O) groups excluding carboxylic acids is 1. The summed E-state index contributed by atoms with van der Waals surface area (Å²) in [6.07, 6.45) is 3.28. The molecule has 1 amide bonds. The molecular formula is C15H13ClN4O2. The van der Waals surface area contributed by atoms with Crippen LogP contribution in [0.1, 0.15) is 17.4 Å². The summed E-state index contributed by atoms with van der Waals surface area (Å²) in [5.41, 5.74) is 1.21. The lowest BCUT2D eigenvalue weighted by atomic mass is 10.3. The molecule has 0 radical (unpaired) electrons. The zero-order valence-electron chi connectivity index (χ0n) is 11.8. The lowest BCUT2D eigenvalue weighted by molar-refractivity contribution is 0.102. The molecule has 7 heteroatoms. The molecule has 0 fully saturated rings. The fourth-order valence-electron chi connectivity index (χ4n) is 2.00. The predicted molar refractivity (Wildman–Crippen MR) is 83.6 cm³/mol. The highest BCUT2D eigenvalue weighted by Gasteiger charge is 2.18. The molecule has 22 heavy (non-hydrogen) atoms. The van der Waals surface area contributed by atoms with Gasteiger partial charge in [-0.25, -0.2) is 9.50 Å². The van der Waals surface area contributed by atoms with E-state index in [-0.39, 0.29) is 16.6 Å².